The highest BCUT2D eigenvalue weighted by Gasteiger charge is 2.35. The zero-order valence-corrected chi connectivity index (χ0v) is 14.9. The Kier molecular flexibility index (Phi) is 6.01. The van der Waals surface area contributed by atoms with Crippen molar-refractivity contribution in [3.05, 3.63) is 35.6 Å². The van der Waals surface area contributed by atoms with Crippen LogP contribution >= 0.6 is 0 Å². The minimum absolute atomic E-state index is 0.0925. The first-order valence-corrected chi connectivity index (χ1v) is 9.38. The van der Waals surface area contributed by atoms with Crippen molar-refractivity contribution in [3.63, 3.8) is 0 Å². The van der Waals surface area contributed by atoms with Gasteiger partial charge >= 0.3 is 0 Å². The molecule has 0 aromatic heterocycles. The van der Waals surface area contributed by atoms with Crippen LogP contribution in [0.3, 0.4) is 0 Å². The smallest absolute Gasteiger partial charge is 0.223 e. The Morgan fingerprint density at radius 3 is 2.50 bits per heavy atom. The number of halogens is 1. The predicted octanol–water partition coefficient (Wildman–Crippen LogP) is 2.70. The number of likely N-dealkylation sites (tertiary alicyclic amines) is 1. The van der Waals surface area contributed by atoms with Crippen molar-refractivity contribution >= 4 is 17.6 Å². The van der Waals surface area contributed by atoms with E-state index in [-0.39, 0.29) is 36.4 Å². The molecule has 1 aliphatic heterocycles. The molecule has 1 heterocycles. The molecule has 2 fully saturated rings. The predicted molar refractivity (Wildman–Crippen MR) is 95.1 cm³/mol. The van der Waals surface area contributed by atoms with Gasteiger partial charge < -0.3 is 10.2 Å². The number of nitrogens with zero attached hydrogens (tertiary/aromatic N) is 1. The van der Waals surface area contributed by atoms with E-state index >= 15 is 0 Å². The Morgan fingerprint density at radius 1 is 1.12 bits per heavy atom. The number of rotatable bonds is 7. The van der Waals surface area contributed by atoms with Crippen LogP contribution in [0.4, 0.5) is 4.39 Å². The van der Waals surface area contributed by atoms with E-state index in [2.05, 4.69) is 5.32 Å². The number of hydrogen-bond acceptors (Lipinski definition) is 3. The number of carbonyl (C=O) groups excluding carboxylic acids is 3. The SMILES string of the molecule is O=C(CCC(=O)c1ccc(F)cc1)NC[C@H]1CC(=O)N(C2CCCC2)C1. The fraction of sp³-hybridized carbons (Fsp3) is 0.550. The third-order valence-electron chi connectivity index (χ3n) is 5.34. The molecule has 1 aliphatic carbocycles. The van der Waals surface area contributed by atoms with Gasteiger partial charge in [-0.2, -0.15) is 0 Å². The molecule has 2 aliphatic rings. The topological polar surface area (TPSA) is 66.5 Å². The Morgan fingerprint density at radius 2 is 1.81 bits per heavy atom. The summed E-state index contributed by atoms with van der Waals surface area (Å²) >= 11 is 0. The number of amides is 2. The lowest BCUT2D eigenvalue weighted by Crippen LogP contribution is -2.36. The summed E-state index contributed by atoms with van der Waals surface area (Å²) in [5, 5.41) is 2.84. The van der Waals surface area contributed by atoms with Gasteiger partial charge in [-0.3, -0.25) is 14.4 Å². The van der Waals surface area contributed by atoms with Crippen LogP contribution in [0.5, 0.6) is 0 Å². The van der Waals surface area contributed by atoms with Crippen molar-refractivity contribution in [1.82, 2.24) is 10.2 Å². The molecule has 1 N–H and O–H groups in total. The maximum absolute atomic E-state index is 12.9. The largest absolute Gasteiger partial charge is 0.356 e. The highest BCUT2D eigenvalue weighted by atomic mass is 19.1. The minimum atomic E-state index is -0.392. The third-order valence-corrected chi connectivity index (χ3v) is 5.34. The van der Waals surface area contributed by atoms with E-state index in [1.807, 2.05) is 4.90 Å². The van der Waals surface area contributed by atoms with Crippen molar-refractivity contribution in [3.8, 4) is 0 Å². The quantitative estimate of drug-likeness (QED) is 0.760. The van der Waals surface area contributed by atoms with E-state index in [1.54, 1.807) is 0 Å². The number of Topliss-reactive ketones (excluding diaryl/α,β-unsaturated/α-hetero) is 1. The molecule has 26 heavy (non-hydrogen) atoms. The Balaban J connectivity index is 1.38. The van der Waals surface area contributed by atoms with Gasteiger partial charge in [0.15, 0.2) is 5.78 Å². The monoisotopic (exact) mass is 360 g/mol. The van der Waals surface area contributed by atoms with Crippen LogP contribution in [0, 0.1) is 11.7 Å². The van der Waals surface area contributed by atoms with Gasteiger partial charge in [-0.25, -0.2) is 4.39 Å². The van der Waals surface area contributed by atoms with Crippen molar-refractivity contribution in [2.45, 2.75) is 51.0 Å². The first kappa shape index (κ1) is 18.5. The summed E-state index contributed by atoms with van der Waals surface area (Å²) in [4.78, 5) is 38.1. The van der Waals surface area contributed by atoms with Crippen LogP contribution in [0.1, 0.15) is 55.3 Å². The van der Waals surface area contributed by atoms with Crippen LogP contribution < -0.4 is 5.32 Å². The van der Waals surface area contributed by atoms with E-state index in [9.17, 15) is 18.8 Å². The minimum Gasteiger partial charge on any atom is -0.356 e. The summed E-state index contributed by atoms with van der Waals surface area (Å²) < 4.78 is 12.9. The van der Waals surface area contributed by atoms with Crippen LogP contribution in [-0.4, -0.2) is 41.6 Å². The fourth-order valence-corrected chi connectivity index (χ4v) is 3.87. The maximum Gasteiger partial charge on any atom is 0.223 e. The average molecular weight is 360 g/mol. The van der Waals surface area contributed by atoms with Gasteiger partial charge in [0.05, 0.1) is 0 Å². The molecule has 0 unspecified atom stereocenters. The van der Waals surface area contributed by atoms with Gasteiger partial charge in [-0.1, -0.05) is 12.8 Å². The van der Waals surface area contributed by atoms with Crippen LogP contribution in [-0.2, 0) is 9.59 Å². The molecule has 1 aromatic rings. The number of nitrogens with one attached hydrogen (secondary N) is 1. The molecule has 1 atom stereocenters. The molecule has 3 rings (SSSR count). The number of benzene rings is 1. The Bertz CT molecular complexity index is 668. The van der Waals surface area contributed by atoms with Gasteiger partial charge in [0.25, 0.3) is 0 Å². The zero-order valence-electron chi connectivity index (χ0n) is 14.9. The number of ketones is 1. The van der Waals surface area contributed by atoms with Crippen molar-refractivity contribution in [1.29, 1.82) is 0 Å². The maximum atomic E-state index is 12.9. The fourth-order valence-electron chi connectivity index (χ4n) is 3.87. The average Bonchev–Trinajstić information content (AvgIpc) is 3.28. The molecule has 2 amide bonds. The number of hydrogen-bond donors (Lipinski definition) is 1. The van der Waals surface area contributed by atoms with Crippen LogP contribution in [0.15, 0.2) is 24.3 Å². The first-order chi connectivity index (χ1) is 12.5. The molecule has 140 valence electrons. The van der Waals surface area contributed by atoms with Gasteiger partial charge in [0, 0.05) is 49.9 Å². The highest BCUT2D eigenvalue weighted by Crippen LogP contribution is 2.29. The van der Waals surface area contributed by atoms with E-state index < -0.39 is 5.82 Å². The van der Waals surface area contributed by atoms with Crippen molar-refractivity contribution in [2.24, 2.45) is 5.92 Å². The van der Waals surface area contributed by atoms with Gasteiger partial charge in [-0.15, -0.1) is 0 Å². The van der Waals surface area contributed by atoms with Gasteiger partial charge in [-0.05, 0) is 37.1 Å². The Hall–Kier alpha value is -2.24. The van der Waals surface area contributed by atoms with Crippen LogP contribution in [0.2, 0.25) is 0 Å². The lowest BCUT2D eigenvalue weighted by Gasteiger charge is -2.24. The third kappa shape index (κ3) is 4.68. The molecule has 0 spiro atoms. The summed E-state index contributed by atoms with van der Waals surface area (Å²) in [7, 11) is 0. The van der Waals surface area contributed by atoms with E-state index in [1.165, 1.54) is 37.1 Å². The second-order valence-corrected chi connectivity index (χ2v) is 7.29. The Labute approximate surface area is 152 Å². The molecule has 1 aromatic carbocycles. The molecular formula is C20H25FN2O3. The lowest BCUT2D eigenvalue weighted by atomic mass is 10.1. The van der Waals surface area contributed by atoms with Crippen LogP contribution in [0.25, 0.3) is 0 Å². The van der Waals surface area contributed by atoms with Gasteiger partial charge in [0.2, 0.25) is 11.8 Å². The lowest BCUT2D eigenvalue weighted by molar-refractivity contribution is -0.129. The van der Waals surface area contributed by atoms with Gasteiger partial charge in [0.1, 0.15) is 5.82 Å². The van der Waals surface area contributed by atoms with Crippen molar-refractivity contribution in [2.75, 3.05) is 13.1 Å². The summed E-state index contributed by atoms with van der Waals surface area (Å²) in [5.41, 5.74) is 0.410. The van der Waals surface area contributed by atoms with Crippen molar-refractivity contribution < 1.29 is 18.8 Å². The standard InChI is InChI=1S/C20H25FN2O3/c21-16-7-5-15(6-8-16)18(24)9-10-19(25)22-12-14-11-20(26)23(13-14)17-3-1-2-4-17/h5-8,14,17H,1-4,9-13H2,(H,22,25)/t14-/m1/s1. The summed E-state index contributed by atoms with van der Waals surface area (Å²) in [6, 6.07) is 5.71. The summed E-state index contributed by atoms with van der Waals surface area (Å²) in [6.07, 6.45) is 5.26. The number of carbonyl (C=O) groups is 3. The molecule has 1 saturated heterocycles. The normalized spacial score (nSPS) is 20.6. The molecule has 5 nitrogen and oxygen atoms in total. The molecule has 0 radical (unpaired) electrons. The highest BCUT2D eigenvalue weighted by molar-refractivity contribution is 5.97. The second-order valence-electron chi connectivity index (χ2n) is 7.29. The molecule has 0 bridgehead atoms. The molecule has 6 heteroatoms. The molecule has 1 saturated carbocycles. The van der Waals surface area contributed by atoms with E-state index in [4.69, 9.17) is 0 Å². The summed E-state index contributed by atoms with van der Waals surface area (Å²) in [6.45, 7) is 1.19. The first-order valence-electron chi connectivity index (χ1n) is 9.38. The van der Waals surface area contributed by atoms with E-state index in [0.717, 1.165) is 19.4 Å². The zero-order chi connectivity index (χ0) is 18.5. The molecular weight excluding hydrogens is 335 g/mol. The second kappa shape index (κ2) is 8.43. The van der Waals surface area contributed by atoms with E-state index in [0.29, 0.717) is 24.6 Å². The summed E-state index contributed by atoms with van der Waals surface area (Å²) in [5.74, 6) is -0.407.